The number of amides is 1. The number of hydrogen-bond acceptors (Lipinski definition) is 6. The van der Waals surface area contributed by atoms with E-state index >= 15 is 0 Å². The fourth-order valence-corrected chi connectivity index (χ4v) is 6.35. The Morgan fingerprint density at radius 3 is 2.77 bits per heavy atom. The largest absolute Gasteiger partial charge is 0.397 e. The van der Waals surface area contributed by atoms with E-state index in [1.165, 1.54) is 41.9 Å². The molecule has 3 aromatic rings. The second kappa shape index (κ2) is 6.93. The molecule has 6 rings (SSSR count). The SMILES string of the molecule is Cc1ccc2c(N)c(C(=O)NCCc3ccc(N4CC45C4CCCC5O4)cc3)sc2n1. The first-order valence-corrected chi connectivity index (χ1v) is 11.8. The number of carbonyl (C=O) groups is 1. The number of anilines is 2. The van der Waals surface area contributed by atoms with Gasteiger partial charge in [0.1, 0.15) is 15.2 Å². The number of nitrogens with one attached hydrogen (secondary N) is 1. The Balaban J connectivity index is 1.06. The van der Waals surface area contributed by atoms with E-state index in [1.807, 2.05) is 19.1 Å². The first-order chi connectivity index (χ1) is 15.1. The van der Waals surface area contributed by atoms with Gasteiger partial charge in [0.05, 0.1) is 17.9 Å². The van der Waals surface area contributed by atoms with Crippen LogP contribution in [0.1, 0.15) is 40.2 Å². The van der Waals surface area contributed by atoms with Crippen molar-refractivity contribution in [2.75, 3.05) is 23.7 Å². The van der Waals surface area contributed by atoms with Crippen LogP contribution in [0.3, 0.4) is 0 Å². The maximum atomic E-state index is 12.6. The second-order valence-electron chi connectivity index (χ2n) is 8.94. The summed E-state index contributed by atoms with van der Waals surface area (Å²) in [5, 5.41) is 3.86. The molecule has 2 aliphatic heterocycles. The molecule has 1 amide bonds. The first kappa shape index (κ1) is 19.1. The average Bonchev–Trinajstić information content (AvgIpc) is 3.49. The van der Waals surface area contributed by atoms with Crippen molar-refractivity contribution in [3.8, 4) is 0 Å². The lowest BCUT2D eigenvalue weighted by Crippen LogP contribution is -2.62. The summed E-state index contributed by atoms with van der Waals surface area (Å²) < 4.78 is 5.98. The minimum Gasteiger partial charge on any atom is -0.397 e. The number of pyridine rings is 1. The van der Waals surface area contributed by atoms with Gasteiger partial charge in [-0.05, 0) is 62.4 Å². The summed E-state index contributed by atoms with van der Waals surface area (Å²) in [4.78, 5) is 21.0. The van der Waals surface area contributed by atoms with Gasteiger partial charge in [0, 0.05) is 29.9 Å². The van der Waals surface area contributed by atoms with Gasteiger partial charge in [-0.1, -0.05) is 12.1 Å². The number of aromatic nitrogens is 1. The van der Waals surface area contributed by atoms with Crippen LogP contribution >= 0.6 is 11.3 Å². The highest BCUT2D eigenvalue weighted by Gasteiger charge is 2.71. The molecule has 2 saturated heterocycles. The van der Waals surface area contributed by atoms with Crippen LogP contribution in [-0.2, 0) is 11.2 Å². The number of carbonyl (C=O) groups excluding carboxylic acids is 1. The number of nitrogens with zero attached hydrogens (tertiary/aromatic N) is 2. The van der Waals surface area contributed by atoms with Crippen LogP contribution in [-0.4, -0.2) is 41.7 Å². The Morgan fingerprint density at radius 2 is 2.03 bits per heavy atom. The molecule has 2 bridgehead atoms. The van der Waals surface area contributed by atoms with E-state index in [0.29, 0.717) is 34.9 Å². The Kier molecular flexibility index (Phi) is 4.27. The lowest BCUT2D eigenvalue weighted by Gasteiger charge is -2.50. The number of nitrogen functional groups attached to an aromatic ring is 1. The molecule has 1 aliphatic carbocycles. The van der Waals surface area contributed by atoms with Crippen molar-refractivity contribution >= 4 is 38.8 Å². The summed E-state index contributed by atoms with van der Waals surface area (Å²) in [7, 11) is 0. The number of ether oxygens (including phenoxy) is 1. The van der Waals surface area contributed by atoms with E-state index in [9.17, 15) is 4.79 Å². The Bertz CT molecular complexity index is 1160. The van der Waals surface area contributed by atoms with E-state index in [2.05, 4.69) is 39.5 Å². The van der Waals surface area contributed by atoms with Crippen LogP contribution in [0.2, 0.25) is 0 Å². The standard InChI is InChI=1S/C24H26N4O2S/c1-14-5-10-17-20(25)21(31-23(17)27-14)22(29)26-12-11-15-6-8-16(9-7-15)28-13-24(28)18-3-2-4-19(24)30-18/h5-10,18-19H,2-4,11-13,25H2,1H3,(H,26,29). The minimum atomic E-state index is -0.127. The number of rotatable bonds is 5. The van der Waals surface area contributed by atoms with Crippen molar-refractivity contribution < 1.29 is 9.53 Å². The number of fused-ring (bicyclic) bond motifs is 1. The molecule has 2 atom stereocenters. The van der Waals surface area contributed by atoms with Crippen LogP contribution in [0.25, 0.3) is 10.2 Å². The molecule has 3 N–H and O–H groups in total. The molecule has 3 aliphatic rings. The van der Waals surface area contributed by atoms with Gasteiger partial charge in [0.15, 0.2) is 0 Å². The summed E-state index contributed by atoms with van der Waals surface area (Å²) in [5.41, 5.74) is 10.4. The Morgan fingerprint density at radius 1 is 1.26 bits per heavy atom. The number of hydrogen-bond donors (Lipinski definition) is 2. The maximum absolute atomic E-state index is 12.6. The van der Waals surface area contributed by atoms with Crippen molar-refractivity contribution in [1.82, 2.24) is 10.3 Å². The monoisotopic (exact) mass is 434 g/mol. The molecular weight excluding hydrogens is 408 g/mol. The van der Waals surface area contributed by atoms with E-state index in [4.69, 9.17) is 10.5 Å². The van der Waals surface area contributed by atoms with Crippen LogP contribution < -0.4 is 16.0 Å². The maximum Gasteiger partial charge on any atom is 0.263 e. The van der Waals surface area contributed by atoms with Gasteiger partial charge in [-0.25, -0.2) is 4.98 Å². The quantitative estimate of drug-likeness (QED) is 0.599. The Hall–Kier alpha value is -2.64. The summed E-state index contributed by atoms with van der Waals surface area (Å²) >= 11 is 1.35. The molecular formula is C24H26N4O2S. The second-order valence-corrected chi connectivity index (χ2v) is 9.94. The zero-order chi connectivity index (χ0) is 21.2. The predicted octanol–water partition coefficient (Wildman–Crippen LogP) is 3.67. The highest BCUT2D eigenvalue weighted by atomic mass is 32.1. The number of benzene rings is 1. The lowest BCUT2D eigenvalue weighted by molar-refractivity contribution is -0.187. The van der Waals surface area contributed by atoms with Gasteiger partial charge >= 0.3 is 0 Å². The third kappa shape index (κ3) is 2.94. The van der Waals surface area contributed by atoms with E-state index in [0.717, 1.165) is 28.9 Å². The highest BCUT2D eigenvalue weighted by molar-refractivity contribution is 7.21. The zero-order valence-corrected chi connectivity index (χ0v) is 18.4. The van der Waals surface area contributed by atoms with Crippen molar-refractivity contribution in [3.63, 3.8) is 0 Å². The third-order valence-corrected chi connectivity index (χ3v) is 8.19. The van der Waals surface area contributed by atoms with E-state index in [1.54, 1.807) is 0 Å². The van der Waals surface area contributed by atoms with Crippen molar-refractivity contribution in [2.45, 2.75) is 50.4 Å². The van der Waals surface area contributed by atoms with Crippen molar-refractivity contribution in [1.29, 1.82) is 0 Å². The number of aryl methyl sites for hydroxylation is 1. The molecule has 1 aromatic carbocycles. The fourth-order valence-electron chi connectivity index (χ4n) is 5.30. The fraction of sp³-hybridized carbons (Fsp3) is 0.417. The van der Waals surface area contributed by atoms with E-state index in [-0.39, 0.29) is 5.91 Å². The van der Waals surface area contributed by atoms with Gasteiger partial charge < -0.3 is 20.7 Å². The molecule has 2 unspecified atom stereocenters. The molecule has 3 fully saturated rings. The first-order valence-electron chi connectivity index (χ1n) is 11.0. The molecule has 31 heavy (non-hydrogen) atoms. The van der Waals surface area contributed by atoms with Crippen molar-refractivity contribution in [2.24, 2.45) is 0 Å². The van der Waals surface area contributed by atoms with Gasteiger partial charge in [0.25, 0.3) is 5.91 Å². The van der Waals surface area contributed by atoms with Gasteiger partial charge in [-0.15, -0.1) is 11.3 Å². The number of nitrogens with two attached hydrogens (primary N) is 1. The lowest BCUT2D eigenvalue weighted by atomic mass is 9.77. The van der Waals surface area contributed by atoms with Crippen LogP contribution in [0.4, 0.5) is 11.4 Å². The molecule has 0 radical (unpaired) electrons. The molecule has 7 heteroatoms. The Labute approximate surface area is 185 Å². The summed E-state index contributed by atoms with van der Waals surface area (Å²) in [6.45, 7) is 3.64. The normalized spacial score (nSPS) is 26.2. The van der Waals surface area contributed by atoms with Gasteiger partial charge in [0.2, 0.25) is 0 Å². The summed E-state index contributed by atoms with van der Waals surface area (Å²) in [6, 6.07) is 12.6. The van der Waals surface area contributed by atoms with Crippen LogP contribution in [0.15, 0.2) is 36.4 Å². The highest BCUT2D eigenvalue weighted by Crippen LogP contribution is 2.57. The molecule has 2 aromatic heterocycles. The summed E-state index contributed by atoms with van der Waals surface area (Å²) in [5.74, 6) is -0.127. The molecule has 160 valence electrons. The van der Waals surface area contributed by atoms with Gasteiger partial charge in [-0.2, -0.15) is 0 Å². The molecule has 6 nitrogen and oxygen atoms in total. The topological polar surface area (TPSA) is 80.2 Å². The number of thiophene rings is 1. The predicted molar refractivity (Wildman–Crippen MR) is 124 cm³/mol. The zero-order valence-electron chi connectivity index (χ0n) is 17.6. The van der Waals surface area contributed by atoms with Crippen LogP contribution in [0.5, 0.6) is 0 Å². The van der Waals surface area contributed by atoms with Crippen LogP contribution in [0, 0.1) is 6.92 Å². The smallest absolute Gasteiger partial charge is 0.263 e. The molecule has 1 saturated carbocycles. The van der Waals surface area contributed by atoms with Gasteiger partial charge in [-0.3, -0.25) is 4.79 Å². The molecule has 1 spiro atoms. The molecule has 4 heterocycles. The average molecular weight is 435 g/mol. The summed E-state index contributed by atoms with van der Waals surface area (Å²) in [6.07, 6.45) is 5.35. The van der Waals surface area contributed by atoms with Crippen molar-refractivity contribution in [3.05, 3.63) is 52.5 Å². The van der Waals surface area contributed by atoms with E-state index < -0.39 is 0 Å². The third-order valence-electron chi connectivity index (χ3n) is 7.07. The minimum absolute atomic E-state index is 0.127.